The molecule has 0 unspecified atom stereocenters. The van der Waals surface area contributed by atoms with E-state index in [4.69, 9.17) is 24.5 Å². The summed E-state index contributed by atoms with van der Waals surface area (Å²) in [5.74, 6) is 1.71. The van der Waals surface area contributed by atoms with Gasteiger partial charge in [0.05, 0.1) is 25.6 Å². The number of aromatic nitrogens is 5. The van der Waals surface area contributed by atoms with Crippen molar-refractivity contribution >= 4 is 34.7 Å². The summed E-state index contributed by atoms with van der Waals surface area (Å²) in [7, 11) is 1.64. The Morgan fingerprint density at radius 2 is 1.78 bits per heavy atom. The lowest BCUT2D eigenvalue weighted by Crippen LogP contribution is -2.41. The van der Waals surface area contributed by atoms with Crippen molar-refractivity contribution in [3.63, 3.8) is 0 Å². The Balaban J connectivity index is 1.17. The van der Waals surface area contributed by atoms with E-state index in [9.17, 15) is 14.7 Å². The molecule has 3 aliphatic rings. The van der Waals surface area contributed by atoms with Gasteiger partial charge in [-0.2, -0.15) is 5.10 Å². The van der Waals surface area contributed by atoms with Crippen molar-refractivity contribution in [1.29, 1.82) is 0 Å². The highest BCUT2D eigenvalue weighted by Gasteiger charge is 2.38. The smallest absolute Gasteiger partial charge is 0.410 e. The number of hydrogen-bond acceptors (Lipinski definition) is 9. The van der Waals surface area contributed by atoms with E-state index in [2.05, 4.69) is 29.8 Å². The number of fused-ring (bicyclic) bond motifs is 4. The quantitative estimate of drug-likeness (QED) is 0.195. The molecule has 2 N–H and O–H groups in total. The topological polar surface area (TPSA) is 140 Å². The van der Waals surface area contributed by atoms with E-state index in [1.165, 1.54) is 11.3 Å². The summed E-state index contributed by atoms with van der Waals surface area (Å²) < 4.78 is 15.1. The predicted molar refractivity (Wildman–Crippen MR) is 206 cm³/mol. The van der Waals surface area contributed by atoms with Crippen LogP contribution in [0.15, 0.2) is 54.9 Å². The SMILES string of the molecule is COc1ccc(Cn2nc(N[C@@H]3CCN(C(=O)OC(C)(C)C)C3)c3c(-c4ccnc(N5CCn6c(cc7c6CC(C)(C)C7)C5=O)c4CO)ccnc32)cc1. The van der Waals surface area contributed by atoms with Crippen molar-refractivity contribution in [2.75, 3.05) is 37.0 Å². The molecule has 0 spiro atoms. The summed E-state index contributed by atoms with van der Waals surface area (Å²) >= 11 is 0. The third-order valence-corrected chi connectivity index (χ3v) is 10.7. The molecule has 0 bridgehead atoms. The minimum Gasteiger partial charge on any atom is -0.497 e. The van der Waals surface area contributed by atoms with Crippen LogP contribution in [-0.2, 0) is 37.3 Å². The third-order valence-electron chi connectivity index (χ3n) is 10.7. The van der Waals surface area contributed by atoms with Crippen molar-refractivity contribution in [2.24, 2.45) is 5.41 Å². The number of hydrogen-bond donors (Lipinski definition) is 2. The number of aliphatic hydroxyl groups excluding tert-OH is 1. The van der Waals surface area contributed by atoms with Gasteiger partial charge in [-0.1, -0.05) is 26.0 Å². The van der Waals surface area contributed by atoms with E-state index in [0.29, 0.717) is 67.7 Å². The second-order valence-corrected chi connectivity index (χ2v) is 16.4. The van der Waals surface area contributed by atoms with Crippen molar-refractivity contribution in [3.05, 3.63) is 82.9 Å². The van der Waals surface area contributed by atoms with Crippen LogP contribution >= 0.6 is 0 Å². The molecule has 4 aromatic heterocycles. The van der Waals surface area contributed by atoms with Gasteiger partial charge in [-0.25, -0.2) is 19.4 Å². The number of carbonyl (C=O) groups excluding carboxylic acids is 2. The summed E-state index contributed by atoms with van der Waals surface area (Å²) in [4.78, 5) is 40.0. The van der Waals surface area contributed by atoms with Crippen LogP contribution in [0.5, 0.6) is 5.75 Å². The van der Waals surface area contributed by atoms with E-state index >= 15 is 0 Å². The largest absolute Gasteiger partial charge is 0.497 e. The molecule has 0 radical (unpaired) electrons. The molecule has 8 rings (SSSR count). The molecule has 1 fully saturated rings. The van der Waals surface area contributed by atoms with E-state index < -0.39 is 5.60 Å². The molecule has 1 atom stereocenters. The van der Waals surface area contributed by atoms with Crippen molar-refractivity contribution < 1.29 is 24.2 Å². The first-order valence-corrected chi connectivity index (χ1v) is 18.7. The zero-order chi connectivity index (χ0) is 37.9. The Labute approximate surface area is 314 Å². The minimum absolute atomic E-state index is 0.0853. The number of amides is 2. The highest BCUT2D eigenvalue weighted by atomic mass is 16.6. The normalized spacial score (nSPS) is 17.9. The molecule has 1 saturated heterocycles. The van der Waals surface area contributed by atoms with E-state index in [1.807, 2.05) is 61.9 Å². The highest BCUT2D eigenvalue weighted by molar-refractivity contribution is 6.07. The van der Waals surface area contributed by atoms with E-state index in [-0.39, 0.29) is 30.1 Å². The number of methoxy groups -OCH3 is 1. The number of pyridine rings is 2. The molecule has 1 aromatic carbocycles. The number of nitrogens with zero attached hydrogens (tertiary/aromatic N) is 7. The number of anilines is 2. The van der Waals surface area contributed by atoms with Crippen LogP contribution in [0.3, 0.4) is 0 Å². The number of benzene rings is 1. The first-order chi connectivity index (χ1) is 25.8. The lowest BCUT2D eigenvalue weighted by atomic mass is 9.90. The second-order valence-electron chi connectivity index (χ2n) is 16.4. The summed E-state index contributed by atoms with van der Waals surface area (Å²) in [6, 6.07) is 13.6. The average Bonchev–Trinajstić information content (AvgIpc) is 3.90. The Morgan fingerprint density at radius 3 is 2.52 bits per heavy atom. The van der Waals surface area contributed by atoms with Gasteiger partial charge >= 0.3 is 6.09 Å². The number of rotatable bonds is 8. The maximum Gasteiger partial charge on any atom is 0.410 e. The van der Waals surface area contributed by atoms with Gasteiger partial charge in [0.15, 0.2) is 11.5 Å². The molecule has 13 nitrogen and oxygen atoms in total. The highest BCUT2D eigenvalue weighted by Crippen LogP contribution is 2.41. The van der Waals surface area contributed by atoms with Crippen molar-refractivity contribution in [2.45, 2.75) is 85.2 Å². The monoisotopic (exact) mass is 732 g/mol. The number of carbonyl (C=O) groups is 2. The molecule has 13 heteroatoms. The molecule has 2 amide bonds. The molecule has 282 valence electrons. The van der Waals surface area contributed by atoms with Crippen LogP contribution in [0.1, 0.15) is 73.9 Å². The van der Waals surface area contributed by atoms with E-state index in [1.54, 1.807) is 29.3 Å². The van der Waals surface area contributed by atoms with E-state index in [0.717, 1.165) is 40.7 Å². The van der Waals surface area contributed by atoms with Crippen LogP contribution < -0.4 is 15.0 Å². The summed E-state index contributed by atoms with van der Waals surface area (Å²) in [5, 5.41) is 20.5. The number of ether oxygens (including phenoxy) is 2. The molecule has 0 saturated carbocycles. The number of likely N-dealkylation sites (tertiary alicyclic amines) is 1. The van der Waals surface area contributed by atoms with Crippen LogP contribution in [0.4, 0.5) is 16.4 Å². The molecule has 5 aromatic rings. The molecule has 2 aliphatic heterocycles. The fourth-order valence-electron chi connectivity index (χ4n) is 8.24. The lowest BCUT2D eigenvalue weighted by molar-refractivity contribution is 0.0293. The second kappa shape index (κ2) is 13.5. The molecular weight excluding hydrogens is 685 g/mol. The molecule has 6 heterocycles. The van der Waals surface area contributed by atoms with Gasteiger partial charge in [-0.15, -0.1) is 0 Å². The number of aliphatic hydroxyl groups is 1. The van der Waals surface area contributed by atoms with Crippen molar-refractivity contribution in [3.8, 4) is 16.9 Å². The molecular formula is C41H48N8O5. The van der Waals surface area contributed by atoms with Crippen LogP contribution in [0, 0.1) is 5.41 Å². The van der Waals surface area contributed by atoms with Gasteiger partial charge in [0, 0.05) is 55.9 Å². The standard InChI is InChI=1S/C41H48N8O5/c1-40(2,3)54-39(52)46-16-13-27(23-46)44-35-34-30(12-15-43-37(34)49(45-35)22-25-7-9-28(53-6)10-8-25)29-11-14-42-36(31(29)24-50)48-18-17-47-32(38(48)51)19-26-20-41(4,5)21-33(26)47/h7-12,14-15,19,27,50H,13,16-18,20-24H2,1-6H3,(H,44,45)/t27-/m1/s1. The Hall–Kier alpha value is -5.43. The van der Waals surface area contributed by atoms with Crippen LogP contribution in [0.25, 0.3) is 22.2 Å². The van der Waals surface area contributed by atoms with Gasteiger partial charge in [0.2, 0.25) is 0 Å². The zero-order valence-corrected chi connectivity index (χ0v) is 31.8. The van der Waals surface area contributed by atoms with Gasteiger partial charge < -0.3 is 29.4 Å². The van der Waals surface area contributed by atoms with Crippen molar-refractivity contribution in [1.82, 2.24) is 29.2 Å². The number of nitrogens with one attached hydrogen (secondary N) is 1. The zero-order valence-electron chi connectivity index (χ0n) is 31.8. The average molecular weight is 733 g/mol. The lowest BCUT2D eigenvalue weighted by Gasteiger charge is -2.31. The van der Waals surface area contributed by atoms with Gasteiger partial charge in [-0.05, 0) is 98.0 Å². The predicted octanol–water partition coefficient (Wildman–Crippen LogP) is 6.05. The summed E-state index contributed by atoms with van der Waals surface area (Å²) in [6.07, 6.45) is 5.72. The van der Waals surface area contributed by atoms with Gasteiger partial charge in [0.25, 0.3) is 5.91 Å². The Morgan fingerprint density at radius 1 is 1.02 bits per heavy atom. The maximum absolute atomic E-state index is 14.1. The molecule has 1 aliphatic carbocycles. The Kier molecular flexibility index (Phi) is 8.87. The Bertz CT molecular complexity index is 2250. The van der Waals surface area contributed by atoms with Gasteiger partial charge in [0.1, 0.15) is 22.9 Å². The minimum atomic E-state index is -0.589. The van der Waals surface area contributed by atoms with Gasteiger partial charge in [-0.3, -0.25) is 9.69 Å². The molecule has 54 heavy (non-hydrogen) atoms. The summed E-state index contributed by atoms with van der Waals surface area (Å²) in [5.41, 5.74) is 6.53. The summed E-state index contributed by atoms with van der Waals surface area (Å²) in [6.45, 7) is 12.4. The fourth-order valence-corrected chi connectivity index (χ4v) is 8.24. The van der Waals surface area contributed by atoms with Crippen LogP contribution in [0.2, 0.25) is 0 Å². The van der Waals surface area contributed by atoms with Crippen LogP contribution in [-0.4, -0.2) is 84.7 Å². The maximum atomic E-state index is 14.1. The first kappa shape index (κ1) is 35.6. The fraction of sp³-hybridized carbons (Fsp3) is 0.439. The third kappa shape index (κ3) is 6.54. The first-order valence-electron chi connectivity index (χ1n) is 18.7.